The summed E-state index contributed by atoms with van der Waals surface area (Å²) >= 11 is 0. The molecule has 0 bridgehead atoms. The van der Waals surface area contributed by atoms with Gasteiger partial charge in [0.05, 0.1) is 0 Å². The molecule has 0 atom stereocenters. The number of rotatable bonds is 7. The Balaban J connectivity index is 1.88. The Bertz CT molecular complexity index is 398. The predicted molar refractivity (Wildman–Crippen MR) is 89.3 cm³/mol. The summed E-state index contributed by atoms with van der Waals surface area (Å²) in [7, 11) is 0. The first-order valence-corrected chi connectivity index (χ1v) is 8.96. The quantitative estimate of drug-likeness (QED) is 0.498. The molecule has 2 rings (SSSR count). The lowest BCUT2D eigenvalue weighted by atomic mass is 9.75. The minimum atomic E-state index is -1.06. The van der Waals surface area contributed by atoms with Crippen molar-refractivity contribution in [3.8, 4) is 0 Å². The molecule has 0 radical (unpaired) electrons. The van der Waals surface area contributed by atoms with E-state index >= 15 is 4.39 Å². The Morgan fingerprint density at radius 2 is 1.67 bits per heavy atom. The van der Waals surface area contributed by atoms with Crippen LogP contribution in [0.4, 0.5) is 4.39 Å². The zero-order chi connectivity index (χ0) is 15.1. The van der Waals surface area contributed by atoms with Gasteiger partial charge in [-0.1, -0.05) is 70.2 Å². The number of unbranched alkanes of at least 4 members (excludes halogenated alkanes) is 2. The summed E-state index contributed by atoms with van der Waals surface area (Å²) in [5.41, 5.74) is 1.18. The van der Waals surface area contributed by atoms with Crippen LogP contribution < -0.4 is 0 Å². The Morgan fingerprint density at radius 1 is 1.00 bits per heavy atom. The molecule has 1 aliphatic rings. The molecule has 0 aliphatic heterocycles. The van der Waals surface area contributed by atoms with Gasteiger partial charge < -0.3 is 0 Å². The van der Waals surface area contributed by atoms with Gasteiger partial charge >= 0.3 is 0 Å². The van der Waals surface area contributed by atoms with Crippen LogP contribution in [0, 0.1) is 5.92 Å². The average molecular weight is 290 g/mol. The summed E-state index contributed by atoms with van der Waals surface area (Å²) in [6.45, 7) is 4.43. The maximum Gasteiger partial charge on any atom is 0.136 e. The molecular weight excluding hydrogens is 259 g/mol. The number of hydrogen-bond acceptors (Lipinski definition) is 0. The number of halogens is 1. The number of alkyl halides is 1. The van der Waals surface area contributed by atoms with Crippen LogP contribution in [-0.4, -0.2) is 0 Å². The molecule has 1 aromatic rings. The highest BCUT2D eigenvalue weighted by molar-refractivity contribution is 5.28. The lowest BCUT2D eigenvalue weighted by molar-refractivity contribution is 0.0787. The third-order valence-corrected chi connectivity index (χ3v) is 5.12. The molecule has 0 amide bonds. The fourth-order valence-corrected chi connectivity index (χ4v) is 3.65. The van der Waals surface area contributed by atoms with Crippen molar-refractivity contribution >= 4 is 0 Å². The molecule has 1 fully saturated rings. The SMILES string of the molecule is CCCCCC1CCC(F)(c2ccc(CCC)cc2)CC1. The third kappa shape index (κ3) is 4.56. The Kier molecular flexibility index (Phi) is 6.26. The minimum Gasteiger partial charge on any atom is -0.239 e. The van der Waals surface area contributed by atoms with Gasteiger partial charge in [0.2, 0.25) is 0 Å². The lowest BCUT2D eigenvalue weighted by Gasteiger charge is -2.34. The maximum atomic E-state index is 15.2. The predicted octanol–water partition coefficient (Wildman–Crippen LogP) is 6.57. The first-order chi connectivity index (χ1) is 10.2. The minimum absolute atomic E-state index is 0.719. The van der Waals surface area contributed by atoms with Crippen molar-refractivity contribution in [2.45, 2.75) is 83.7 Å². The molecule has 0 unspecified atom stereocenters. The van der Waals surface area contributed by atoms with Crippen LogP contribution in [0.25, 0.3) is 0 Å². The molecule has 0 saturated heterocycles. The van der Waals surface area contributed by atoms with Crippen molar-refractivity contribution in [1.29, 1.82) is 0 Å². The summed E-state index contributed by atoms with van der Waals surface area (Å²) in [6.07, 6.45) is 11.1. The van der Waals surface area contributed by atoms with Gasteiger partial charge in [0, 0.05) is 0 Å². The van der Waals surface area contributed by atoms with E-state index in [-0.39, 0.29) is 0 Å². The normalized spacial score (nSPS) is 26.0. The molecule has 1 aliphatic carbocycles. The second-order valence-electron chi connectivity index (χ2n) is 6.85. The van der Waals surface area contributed by atoms with E-state index in [2.05, 4.69) is 26.0 Å². The molecule has 21 heavy (non-hydrogen) atoms. The second kappa shape index (κ2) is 7.96. The van der Waals surface area contributed by atoms with E-state index in [9.17, 15) is 0 Å². The van der Waals surface area contributed by atoms with Crippen LogP contribution in [-0.2, 0) is 12.1 Å². The van der Waals surface area contributed by atoms with Crippen molar-refractivity contribution in [2.24, 2.45) is 5.92 Å². The molecular formula is C20H31F. The van der Waals surface area contributed by atoms with Gasteiger partial charge in [0.1, 0.15) is 5.67 Å². The number of aryl methyl sites for hydroxylation is 1. The largest absolute Gasteiger partial charge is 0.239 e. The van der Waals surface area contributed by atoms with Crippen molar-refractivity contribution in [2.75, 3.05) is 0 Å². The molecule has 1 aromatic carbocycles. The van der Waals surface area contributed by atoms with Crippen LogP contribution in [0.5, 0.6) is 0 Å². The van der Waals surface area contributed by atoms with Crippen molar-refractivity contribution in [1.82, 2.24) is 0 Å². The van der Waals surface area contributed by atoms with Crippen LogP contribution in [0.2, 0.25) is 0 Å². The second-order valence-corrected chi connectivity index (χ2v) is 6.85. The van der Waals surface area contributed by atoms with Gasteiger partial charge in [-0.15, -0.1) is 0 Å². The average Bonchev–Trinajstić information content (AvgIpc) is 2.51. The molecule has 1 saturated carbocycles. The van der Waals surface area contributed by atoms with Gasteiger partial charge in [-0.2, -0.15) is 0 Å². The van der Waals surface area contributed by atoms with Gasteiger partial charge in [0.25, 0.3) is 0 Å². The lowest BCUT2D eigenvalue weighted by Crippen LogP contribution is -2.27. The van der Waals surface area contributed by atoms with E-state index in [0.717, 1.165) is 50.0 Å². The molecule has 0 heterocycles. The number of benzene rings is 1. The van der Waals surface area contributed by atoms with E-state index < -0.39 is 5.67 Å². The first kappa shape index (κ1) is 16.5. The molecule has 118 valence electrons. The van der Waals surface area contributed by atoms with E-state index in [0.29, 0.717) is 0 Å². The summed E-state index contributed by atoms with van der Waals surface area (Å²) in [5.74, 6) is 0.764. The van der Waals surface area contributed by atoms with Crippen molar-refractivity contribution < 1.29 is 4.39 Å². The smallest absolute Gasteiger partial charge is 0.136 e. The van der Waals surface area contributed by atoms with Crippen LogP contribution in [0.3, 0.4) is 0 Å². The van der Waals surface area contributed by atoms with E-state index in [1.165, 1.54) is 31.2 Å². The van der Waals surface area contributed by atoms with Gasteiger partial charge in [-0.25, -0.2) is 4.39 Å². The highest BCUT2D eigenvalue weighted by Gasteiger charge is 2.36. The Labute approximate surface area is 130 Å². The highest BCUT2D eigenvalue weighted by atomic mass is 19.1. The van der Waals surface area contributed by atoms with Crippen LogP contribution in [0.15, 0.2) is 24.3 Å². The third-order valence-electron chi connectivity index (χ3n) is 5.12. The van der Waals surface area contributed by atoms with Gasteiger partial charge in [-0.05, 0) is 49.1 Å². The van der Waals surface area contributed by atoms with Gasteiger partial charge in [-0.3, -0.25) is 0 Å². The summed E-state index contributed by atoms with van der Waals surface area (Å²) in [5, 5.41) is 0. The van der Waals surface area contributed by atoms with E-state index in [4.69, 9.17) is 0 Å². The first-order valence-electron chi connectivity index (χ1n) is 8.96. The van der Waals surface area contributed by atoms with E-state index in [1.54, 1.807) is 0 Å². The molecule has 0 spiro atoms. The van der Waals surface area contributed by atoms with Crippen molar-refractivity contribution in [3.63, 3.8) is 0 Å². The summed E-state index contributed by atoms with van der Waals surface area (Å²) < 4.78 is 15.2. The Morgan fingerprint density at radius 3 is 2.24 bits per heavy atom. The molecule has 1 heteroatoms. The van der Waals surface area contributed by atoms with Crippen LogP contribution in [0.1, 0.15) is 82.8 Å². The van der Waals surface area contributed by atoms with Gasteiger partial charge in [0.15, 0.2) is 0 Å². The molecule has 0 aromatic heterocycles. The monoisotopic (exact) mass is 290 g/mol. The van der Waals surface area contributed by atoms with Crippen LogP contribution >= 0.6 is 0 Å². The topological polar surface area (TPSA) is 0 Å². The fourth-order valence-electron chi connectivity index (χ4n) is 3.65. The molecule has 0 N–H and O–H groups in total. The zero-order valence-corrected chi connectivity index (χ0v) is 13.8. The Hall–Kier alpha value is -0.850. The summed E-state index contributed by atoms with van der Waals surface area (Å²) in [6, 6.07) is 8.30. The maximum absolute atomic E-state index is 15.2. The fraction of sp³-hybridized carbons (Fsp3) is 0.700. The molecule has 0 nitrogen and oxygen atoms in total. The highest BCUT2D eigenvalue weighted by Crippen LogP contribution is 2.44. The van der Waals surface area contributed by atoms with Crippen molar-refractivity contribution in [3.05, 3.63) is 35.4 Å². The van der Waals surface area contributed by atoms with E-state index in [1.807, 2.05) is 12.1 Å². The zero-order valence-electron chi connectivity index (χ0n) is 13.8. The summed E-state index contributed by atoms with van der Waals surface area (Å²) in [4.78, 5) is 0. The number of hydrogen-bond donors (Lipinski definition) is 0. The standard InChI is InChI=1S/C20H31F/c1-3-5-6-8-18-13-15-20(21,16-14-18)19-11-9-17(7-4-2)10-12-19/h9-12,18H,3-8,13-16H2,1-2H3.